The van der Waals surface area contributed by atoms with Crippen LogP contribution in [-0.2, 0) is 15.9 Å². The molecule has 3 rings (SSSR count). The van der Waals surface area contributed by atoms with Crippen LogP contribution in [0.25, 0.3) is 0 Å². The summed E-state index contributed by atoms with van der Waals surface area (Å²) in [5.41, 5.74) is 2.16. The maximum atomic E-state index is 13.0. The molecule has 0 N–H and O–H groups in total. The predicted molar refractivity (Wildman–Crippen MR) is 113 cm³/mol. The van der Waals surface area contributed by atoms with Gasteiger partial charge in [0.2, 0.25) is 0 Å². The van der Waals surface area contributed by atoms with Gasteiger partial charge in [-0.25, -0.2) is 4.39 Å². The summed E-state index contributed by atoms with van der Waals surface area (Å²) in [6.07, 6.45) is 6.27. The zero-order chi connectivity index (χ0) is 20.6. The molecule has 1 fully saturated rings. The highest BCUT2D eigenvalue weighted by Gasteiger charge is 2.38. The Labute approximate surface area is 172 Å². The predicted octanol–water partition coefficient (Wildman–Crippen LogP) is 6.03. The van der Waals surface area contributed by atoms with Gasteiger partial charge in [0, 0.05) is 17.4 Å². The first kappa shape index (κ1) is 21.3. The van der Waals surface area contributed by atoms with Crippen molar-refractivity contribution in [1.82, 2.24) is 0 Å². The fourth-order valence-electron chi connectivity index (χ4n) is 3.71. The topological polar surface area (TPSA) is 27.7 Å². The first-order valence-electron chi connectivity index (χ1n) is 10.0. The Bertz CT molecular complexity index is 801. The van der Waals surface area contributed by atoms with E-state index in [-0.39, 0.29) is 24.0 Å². The third kappa shape index (κ3) is 5.55. The number of rotatable bonds is 7. The van der Waals surface area contributed by atoms with Gasteiger partial charge >= 0.3 is 0 Å². The summed E-state index contributed by atoms with van der Waals surface area (Å²) < 4.78 is 30.6. The van der Waals surface area contributed by atoms with E-state index in [1.54, 1.807) is 7.11 Å². The fourth-order valence-corrected chi connectivity index (χ4v) is 3.71. The maximum absolute atomic E-state index is 13.0. The lowest BCUT2D eigenvalue weighted by Crippen LogP contribution is -2.43. The molecule has 2 aromatic rings. The second-order valence-corrected chi connectivity index (χ2v) is 7.46. The van der Waals surface area contributed by atoms with Crippen molar-refractivity contribution in [1.29, 1.82) is 0 Å². The third-order valence-corrected chi connectivity index (χ3v) is 5.40. The number of halogens is 1. The van der Waals surface area contributed by atoms with E-state index in [2.05, 4.69) is 31.2 Å². The van der Waals surface area contributed by atoms with E-state index in [1.807, 2.05) is 49.4 Å². The van der Waals surface area contributed by atoms with E-state index in [1.165, 1.54) is 11.6 Å². The number of benzene rings is 2. The van der Waals surface area contributed by atoms with E-state index < -0.39 is 6.29 Å². The Morgan fingerprint density at radius 2 is 1.79 bits per heavy atom. The summed E-state index contributed by atoms with van der Waals surface area (Å²) in [5.74, 6) is 0.952. The zero-order valence-electron chi connectivity index (χ0n) is 17.2. The number of methoxy groups -OCH3 is 1. The van der Waals surface area contributed by atoms with Crippen LogP contribution in [0.4, 0.5) is 4.39 Å². The summed E-state index contributed by atoms with van der Waals surface area (Å²) in [6, 6.07) is 17.9. The van der Waals surface area contributed by atoms with E-state index in [4.69, 9.17) is 14.2 Å². The molecule has 0 bridgehead atoms. The molecular weight excluding hydrogens is 367 g/mol. The second-order valence-electron chi connectivity index (χ2n) is 7.46. The molecule has 1 aliphatic heterocycles. The van der Waals surface area contributed by atoms with Crippen molar-refractivity contribution in [3.8, 4) is 5.75 Å². The number of hydrogen-bond acceptors (Lipinski definition) is 3. The summed E-state index contributed by atoms with van der Waals surface area (Å²) in [5, 5.41) is 0. The largest absolute Gasteiger partial charge is 0.497 e. The molecule has 1 aliphatic rings. The van der Waals surface area contributed by atoms with Gasteiger partial charge in [0.05, 0.1) is 25.6 Å². The molecule has 1 saturated heterocycles. The Morgan fingerprint density at radius 3 is 2.45 bits per heavy atom. The molecule has 1 unspecified atom stereocenters. The molecule has 0 spiro atoms. The molecule has 4 heteroatoms. The molecular formula is C25H29FO3. The molecule has 5 atom stereocenters. The van der Waals surface area contributed by atoms with Gasteiger partial charge in [0.15, 0.2) is 6.29 Å². The molecule has 0 amide bonds. The van der Waals surface area contributed by atoms with Crippen LogP contribution in [0.1, 0.15) is 31.3 Å². The molecule has 0 saturated carbocycles. The van der Waals surface area contributed by atoms with Crippen LogP contribution >= 0.6 is 0 Å². The average Bonchev–Trinajstić information content (AvgIpc) is 2.76. The van der Waals surface area contributed by atoms with Gasteiger partial charge in [-0.05, 0) is 30.2 Å². The highest BCUT2D eigenvalue weighted by atomic mass is 19.1. The summed E-state index contributed by atoms with van der Waals surface area (Å²) in [6.45, 7) is 4.18. The van der Waals surface area contributed by atoms with Crippen molar-refractivity contribution in [2.24, 2.45) is 11.8 Å². The second kappa shape index (κ2) is 10.4. The summed E-state index contributed by atoms with van der Waals surface area (Å²) >= 11 is 0. The Hall–Kier alpha value is -2.43. The number of allylic oxidation sites excluding steroid dienone is 1. The first-order valence-corrected chi connectivity index (χ1v) is 10.0. The molecule has 2 aromatic carbocycles. The lowest BCUT2D eigenvalue weighted by atomic mass is 9.87. The Balaban J connectivity index is 1.73. The first-order chi connectivity index (χ1) is 14.1. The van der Waals surface area contributed by atoms with Crippen molar-refractivity contribution in [2.45, 2.75) is 38.8 Å². The lowest BCUT2D eigenvalue weighted by Gasteiger charge is -2.41. The van der Waals surface area contributed by atoms with Crippen molar-refractivity contribution in [3.63, 3.8) is 0 Å². The van der Waals surface area contributed by atoms with Crippen LogP contribution < -0.4 is 4.74 Å². The average molecular weight is 397 g/mol. The Kier molecular flexibility index (Phi) is 7.62. The monoisotopic (exact) mass is 396 g/mol. The molecule has 0 aromatic heterocycles. The van der Waals surface area contributed by atoms with E-state index >= 15 is 0 Å². The standard InChI is InChI=1S/C25H29FO3/c1-18(8-7-11-20-9-5-4-6-10-20)24-19(2)23(16-17-26)28-25(29-24)21-12-14-22(27-3)15-13-21/h4-10,12-19,23-25H,11H2,1-3H3/b8-7+,17-16+/t18-,19+,23-,24-,25?/m0/s1. The van der Waals surface area contributed by atoms with Gasteiger partial charge in [0.1, 0.15) is 5.75 Å². The van der Waals surface area contributed by atoms with Crippen molar-refractivity contribution >= 4 is 0 Å². The SMILES string of the molecule is COc1ccc(C2O[C@@H]([C@@H](C)/C=C/Cc3ccccc3)[C@H](C)[C@H](/C=C/F)O2)cc1. The molecule has 3 nitrogen and oxygen atoms in total. The van der Waals surface area contributed by atoms with Gasteiger partial charge in [-0.2, -0.15) is 0 Å². The van der Waals surface area contributed by atoms with Crippen molar-refractivity contribution < 1.29 is 18.6 Å². The maximum Gasteiger partial charge on any atom is 0.184 e. The van der Waals surface area contributed by atoms with E-state index in [9.17, 15) is 4.39 Å². The smallest absolute Gasteiger partial charge is 0.184 e. The van der Waals surface area contributed by atoms with Gasteiger partial charge in [-0.3, -0.25) is 0 Å². The minimum atomic E-state index is -0.548. The van der Waals surface area contributed by atoms with Crippen LogP contribution in [0.2, 0.25) is 0 Å². The quantitative estimate of drug-likeness (QED) is 0.535. The van der Waals surface area contributed by atoms with Crippen LogP contribution in [0.15, 0.2) is 79.2 Å². The highest BCUT2D eigenvalue weighted by molar-refractivity contribution is 5.28. The molecule has 0 radical (unpaired) electrons. The third-order valence-electron chi connectivity index (χ3n) is 5.40. The van der Waals surface area contributed by atoms with E-state index in [0.29, 0.717) is 6.33 Å². The summed E-state index contributed by atoms with van der Waals surface area (Å²) in [4.78, 5) is 0. The summed E-state index contributed by atoms with van der Waals surface area (Å²) in [7, 11) is 1.63. The molecule has 1 heterocycles. The van der Waals surface area contributed by atoms with Gasteiger partial charge in [-0.15, -0.1) is 0 Å². The van der Waals surface area contributed by atoms with Crippen LogP contribution in [0.3, 0.4) is 0 Å². The minimum absolute atomic E-state index is 0.0212. The normalized spacial score (nSPS) is 26.1. The number of hydrogen-bond donors (Lipinski definition) is 0. The van der Waals surface area contributed by atoms with Crippen molar-refractivity contribution in [2.75, 3.05) is 7.11 Å². The van der Waals surface area contributed by atoms with E-state index in [0.717, 1.165) is 17.7 Å². The number of ether oxygens (including phenoxy) is 3. The van der Waals surface area contributed by atoms with Crippen LogP contribution in [-0.4, -0.2) is 19.3 Å². The highest BCUT2D eigenvalue weighted by Crippen LogP contribution is 2.37. The lowest BCUT2D eigenvalue weighted by molar-refractivity contribution is -0.266. The van der Waals surface area contributed by atoms with Crippen LogP contribution in [0.5, 0.6) is 5.75 Å². The molecule has 0 aliphatic carbocycles. The van der Waals surface area contributed by atoms with Crippen molar-refractivity contribution in [3.05, 3.63) is 90.3 Å². The molecule has 29 heavy (non-hydrogen) atoms. The fraction of sp³-hybridized carbons (Fsp3) is 0.360. The Morgan fingerprint density at radius 1 is 1.07 bits per heavy atom. The van der Waals surface area contributed by atoms with Gasteiger partial charge in [0.25, 0.3) is 0 Å². The van der Waals surface area contributed by atoms with Gasteiger partial charge in [-0.1, -0.05) is 68.5 Å². The van der Waals surface area contributed by atoms with Crippen LogP contribution in [0, 0.1) is 11.8 Å². The molecule has 154 valence electrons. The van der Waals surface area contributed by atoms with Gasteiger partial charge < -0.3 is 14.2 Å². The minimum Gasteiger partial charge on any atom is -0.497 e. The zero-order valence-corrected chi connectivity index (χ0v) is 17.2.